The van der Waals surface area contributed by atoms with Gasteiger partial charge in [0.25, 0.3) is 0 Å². The van der Waals surface area contributed by atoms with E-state index in [-0.39, 0.29) is 11.1 Å². The Balaban J connectivity index is 2.06. The Bertz CT molecular complexity index is 1370. The number of nitrogens with one attached hydrogen (secondary N) is 2. The first-order chi connectivity index (χ1) is 17.4. The molecular weight excluding hydrogens is 500 g/mol. The fraction of sp³-hybridized carbons (Fsp3) is 0.154. The van der Waals surface area contributed by atoms with Crippen LogP contribution >= 0.6 is 0 Å². The minimum Gasteiger partial charge on any atom is -0.480 e. The fourth-order valence-electron chi connectivity index (χ4n) is 4.39. The van der Waals surface area contributed by atoms with Crippen molar-refractivity contribution in [1.82, 2.24) is 15.5 Å². The van der Waals surface area contributed by atoms with Gasteiger partial charge in [-0.1, -0.05) is 66.7 Å². The van der Waals surface area contributed by atoms with Crippen LogP contribution in [0, 0.1) is 0 Å². The zero-order valence-electron chi connectivity index (χ0n) is 18.9. The number of nitrogens with zero attached hydrogens (tertiary/aromatic N) is 1. The minimum atomic E-state index is -5.43. The first-order valence-electron chi connectivity index (χ1n) is 10.8. The highest BCUT2D eigenvalue weighted by atomic mass is 19.4. The van der Waals surface area contributed by atoms with Crippen LogP contribution in [0.1, 0.15) is 27.8 Å². The number of rotatable bonds is 7. The van der Waals surface area contributed by atoms with E-state index in [2.05, 4.69) is 15.5 Å². The topological polar surface area (TPSA) is 78.0 Å². The van der Waals surface area contributed by atoms with Crippen molar-refractivity contribution >= 4 is 5.97 Å². The molecule has 1 heterocycles. The SMILES string of the molecule is O=C(O)CNC(c1ccc(-c2ccccc2)cc1)(c1cn[nH]c1)c1cccc(C(F)(F)F)c1C(F)(F)F. The second-order valence-electron chi connectivity index (χ2n) is 8.15. The molecule has 0 saturated heterocycles. The molecule has 0 fully saturated rings. The van der Waals surface area contributed by atoms with Gasteiger partial charge in [0.05, 0.1) is 29.4 Å². The predicted molar refractivity (Wildman–Crippen MR) is 122 cm³/mol. The molecule has 0 radical (unpaired) electrons. The van der Waals surface area contributed by atoms with Crippen LogP contribution in [-0.4, -0.2) is 27.8 Å². The van der Waals surface area contributed by atoms with E-state index in [0.29, 0.717) is 11.6 Å². The summed E-state index contributed by atoms with van der Waals surface area (Å²) >= 11 is 0. The van der Waals surface area contributed by atoms with Crippen molar-refractivity contribution < 1.29 is 36.2 Å². The molecule has 11 heteroatoms. The van der Waals surface area contributed by atoms with Gasteiger partial charge in [-0.2, -0.15) is 31.4 Å². The van der Waals surface area contributed by atoms with E-state index < -0.39 is 47.1 Å². The lowest BCUT2D eigenvalue weighted by atomic mass is 9.74. The van der Waals surface area contributed by atoms with Crippen LogP contribution < -0.4 is 5.32 Å². The molecule has 0 aliphatic rings. The van der Waals surface area contributed by atoms with Gasteiger partial charge in [-0.05, 0) is 28.3 Å². The number of carboxylic acids is 1. The third-order valence-electron chi connectivity index (χ3n) is 5.92. The second-order valence-corrected chi connectivity index (χ2v) is 8.15. The molecule has 0 aliphatic carbocycles. The molecule has 0 spiro atoms. The van der Waals surface area contributed by atoms with E-state index in [4.69, 9.17) is 0 Å². The number of alkyl halides is 6. The number of carboxylic acid groups (broad SMARTS) is 1. The normalized spacial score (nSPS) is 13.8. The van der Waals surface area contributed by atoms with Crippen LogP contribution in [0.25, 0.3) is 11.1 Å². The molecule has 1 aromatic heterocycles. The highest BCUT2D eigenvalue weighted by Gasteiger charge is 2.50. The van der Waals surface area contributed by atoms with Crippen LogP contribution in [0.4, 0.5) is 26.3 Å². The molecule has 1 unspecified atom stereocenters. The summed E-state index contributed by atoms with van der Waals surface area (Å²) < 4.78 is 84.5. The van der Waals surface area contributed by atoms with Crippen LogP contribution in [0.3, 0.4) is 0 Å². The molecule has 0 aliphatic heterocycles. The standard InChI is InChI=1S/C26H19F6N3O2/c27-25(28,29)21-8-4-7-20(23(21)26(30,31)32)24(33-15-22(36)37,19-13-34-35-14-19)18-11-9-17(10-12-18)16-5-2-1-3-6-16/h1-14,33H,15H2,(H,34,35)(H,36,37). The third kappa shape index (κ3) is 5.08. The largest absolute Gasteiger partial charge is 0.480 e. The van der Waals surface area contributed by atoms with E-state index in [9.17, 15) is 36.2 Å². The fourth-order valence-corrected chi connectivity index (χ4v) is 4.39. The maximum absolute atomic E-state index is 14.3. The average Bonchev–Trinajstić information content (AvgIpc) is 3.39. The number of aromatic nitrogens is 2. The van der Waals surface area contributed by atoms with E-state index in [1.54, 1.807) is 24.3 Å². The van der Waals surface area contributed by atoms with Gasteiger partial charge >= 0.3 is 18.3 Å². The van der Waals surface area contributed by atoms with Crippen molar-refractivity contribution in [2.24, 2.45) is 0 Å². The van der Waals surface area contributed by atoms with E-state index in [1.807, 2.05) is 18.2 Å². The Kier molecular flexibility index (Phi) is 6.83. The van der Waals surface area contributed by atoms with Gasteiger partial charge in [-0.3, -0.25) is 15.2 Å². The Morgan fingerprint density at radius 2 is 1.41 bits per heavy atom. The van der Waals surface area contributed by atoms with E-state index in [1.165, 1.54) is 18.3 Å². The maximum Gasteiger partial charge on any atom is 0.417 e. The zero-order chi connectivity index (χ0) is 26.8. The van der Waals surface area contributed by atoms with Crippen molar-refractivity contribution in [3.8, 4) is 11.1 Å². The molecule has 5 nitrogen and oxygen atoms in total. The van der Waals surface area contributed by atoms with E-state index >= 15 is 0 Å². The summed E-state index contributed by atoms with van der Waals surface area (Å²) in [7, 11) is 0. The number of aromatic amines is 1. The Hall–Kier alpha value is -4.12. The van der Waals surface area contributed by atoms with Crippen molar-refractivity contribution in [2.75, 3.05) is 6.54 Å². The second kappa shape index (κ2) is 9.74. The van der Waals surface area contributed by atoms with Crippen molar-refractivity contribution in [3.05, 3.63) is 113 Å². The van der Waals surface area contributed by atoms with Gasteiger partial charge in [0.1, 0.15) is 0 Å². The number of hydrogen-bond acceptors (Lipinski definition) is 3. The lowest BCUT2D eigenvalue weighted by Crippen LogP contribution is -2.48. The molecule has 3 N–H and O–H groups in total. The number of halogens is 6. The van der Waals surface area contributed by atoms with E-state index in [0.717, 1.165) is 23.9 Å². The minimum absolute atomic E-state index is 0.00830. The smallest absolute Gasteiger partial charge is 0.417 e. The van der Waals surface area contributed by atoms with Gasteiger partial charge < -0.3 is 5.11 Å². The Morgan fingerprint density at radius 1 is 0.784 bits per heavy atom. The zero-order valence-corrected chi connectivity index (χ0v) is 18.9. The van der Waals surface area contributed by atoms with Crippen molar-refractivity contribution in [3.63, 3.8) is 0 Å². The quantitative estimate of drug-likeness (QED) is 0.259. The summed E-state index contributed by atoms with van der Waals surface area (Å²) in [5, 5.41) is 18.2. The summed E-state index contributed by atoms with van der Waals surface area (Å²) in [5.74, 6) is -1.42. The first-order valence-corrected chi connectivity index (χ1v) is 10.8. The molecule has 1 atom stereocenters. The monoisotopic (exact) mass is 519 g/mol. The van der Waals surface area contributed by atoms with Gasteiger partial charge in [0.15, 0.2) is 0 Å². The van der Waals surface area contributed by atoms with Gasteiger partial charge in [-0.25, -0.2) is 0 Å². The van der Waals surface area contributed by atoms with Crippen LogP contribution in [0.5, 0.6) is 0 Å². The Morgan fingerprint density at radius 3 is 1.95 bits per heavy atom. The van der Waals surface area contributed by atoms with Crippen LogP contribution in [0.2, 0.25) is 0 Å². The molecule has 0 amide bonds. The lowest BCUT2D eigenvalue weighted by molar-refractivity contribution is -0.162. The van der Waals surface area contributed by atoms with Crippen molar-refractivity contribution in [1.29, 1.82) is 0 Å². The summed E-state index contributed by atoms with van der Waals surface area (Å²) in [6.07, 6.45) is -8.40. The molecule has 192 valence electrons. The first kappa shape index (κ1) is 26.0. The van der Waals surface area contributed by atoms with Crippen LogP contribution in [-0.2, 0) is 22.7 Å². The van der Waals surface area contributed by atoms with Crippen molar-refractivity contribution in [2.45, 2.75) is 17.9 Å². The molecule has 4 rings (SSSR count). The molecule has 0 saturated carbocycles. The average molecular weight is 519 g/mol. The summed E-state index contributed by atoms with van der Waals surface area (Å²) in [4.78, 5) is 11.5. The number of carbonyl (C=O) groups is 1. The Labute approximate surface area is 206 Å². The molecule has 4 aromatic rings. The van der Waals surface area contributed by atoms with Crippen LogP contribution in [0.15, 0.2) is 85.2 Å². The summed E-state index contributed by atoms with van der Waals surface area (Å²) in [6.45, 7) is -0.862. The summed E-state index contributed by atoms with van der Waals surface area (Å²) in [5.41, 5.74) is -5.21. The molecule has 37 heavy (non-hydrogen) atoms. The maximum atomic E-state index is 14.3. The third-order valence-corrected chi connectivity index (χ3v) is 5.92. The lowest BCUT2D eigenvalue weighted by Gasteiger charge is -2.37. The van der Waals surface area contributed by atoms with Gasteiger partial charge in [0.2, 0.25) is 0 Å². The number of benzene rings is 3. The number of H-pyrrole nitrogens is 1. The molecule has 3 aromatic carbocycles. The van der Waals surface area contributed by atoms with Gasteiger partial charge in [-0.15, -0.1) is 0 Å². The predicted octanol–water partition coefficient (Wildman–Crippen LogP) is 6.08. The summed E-state index contributed by atoms with van der Waals surface area (Å²) in [6, 6.07) is 17.3. The molecule has 0 bridgehead atoms. The molecular formula is C26H19F6N3O2. The number of hydrogen-bond donors (Lipinski definition) is 3. The number of aliphatic carboxylic acids is 1. The highest BCUT2D eigenvalue weighted by Crippen LogP contribution is 2.48. The van der Waals surface area contributed by atoms with Gasteiger partial charge in [0, 0.05) is 11.8 Å². The highest BCUT2D eigenvalue weighted by molar-refractivity contribution is 5.70.